The maximum Gasteiger partial charge on any atom is 0.166 e. The van der Waals surface area contributed by atoms with E-state index in [1.807, 2.05) is 18.2 Å². The van der Waals surface area contributed by atoms with E-state index >= 15 is 0 Å². The number of hydrogen-bond donors (Lipinski definition) is 1. The molecule has 0 saturated heterocycles. The van der Waals surface area contributed by atoms with Gasteiger partial charge in [-0.05, 0) is 46.4 Å². The van der Waals surface area contributed by atoms with E-state index in [1.165, 1.54) is 3.57 Å². The van der Waals surface area contributed by atoms with Crippen LogP contribution < -0.4 is 15.2 Å². The molecule has 0 amide bonds. The fourth-order valence-electron chi connectivity index (χ4n) is 1.78. The second-order valence-electron chi connectivity index (χ2n) is 4.07. The summed E-state index contributed by atoms with van der Waals surface area (Å²) in [6.45, 7) is 0.934. The smallest absolute Gasteiger partial charge is 0.166 e. The fourth-order valence-corrected chi connectivity index (χ4v) is 2.14. The van der Waals surface area contributed by atoms with E-state index in [0.29, 0.717) is 18.9 Å². The van der Waals surface area contributed by atoms with Crippen LogP contribution in [0.25, 0.3) is 0 Å². The molecular formula is C15H16INO2. The van der Waals surface area contributed by atoms with Gasteiger partial charge in [0.1, 0.15) is 6.61 Å². The topological polar surface area (TPSA) is 44.5 Å². The average molecular weight is 369 g/mol. The lowest BCUT2D eigenvalue weighted by atomic mass is 10.2. The van der Waals surface area contributed by atoms with E-state index < -0.39 is 0 Å². The van der Waals surface area contributed by atoms with Crippen molar-refractivity contribution in [1.82, 2.24) is 0 Å². The Bertz CT molecular complexity index is 518. The summed E-state index contributed by atoms with van der Waals surface area (Å²) in [6.07, 6.45) is 0. The van der Waals surface area contributed by atoms with Crippen LogP contribution in [0.1, 0.15) is 11.1 Å². The van der Waals surface area contributed by atoms with Crippen LogP contribution in [0.5, 0.6) is 11.5 Å². The highest BCUT2D eigenvalue weighted by molar-refractivity contribution is 14.1. The summed E-state index contributed by atoms with van der Waals surface area (Å²) in [7, 11) is 1.63. The minimum Gasteiger partial charge on any atom is -0.493 e. The third-order valence-corrected chi connectivity index (χ3v) is 3.52. The molecule has 2 aromatic carbocycles. The normalized spacial score (nSPS) is 10.3. The molecule has 19 heavy (non-hydrogen) atoms. The molecule has 0 aliphatic carbocycles. The summed E-state index contributed by atoms with van der Waals surface area (Å²) in [6, 6.07) is 14.0. The summed E-state index contributed by atoms with van der Waals surface area (Å²) in [4.78, 5) is 0. The van der Waals surface area contributed by atoms with Crippen LogP contribution in [0.3, 0.4) is 0 Å². The van der Waals surface area contributed by atoms with E-state index in [1.54, 1.807) is 7.11 Å². The molecule has 0 aliphatic heterocycles. The molecule has 2 N–H and O–H groups in total. The number of ether oxygens (including phenoxy) is 2. The number of benzene rings is 2. The minimum absolute atomic E-state index is 0.430. The number of para-hydroxylation sites is 1. The molecule has 0 aliphatic rings. The first-order valence-corrected chi connectivity index (χ1v) is 7.05. The van der Waals surface area contributed by atoms with Gasteiger partial charge in [-0.3, -0.25) is 0 Å². The van der Waals surface area contributed by atoms with Crippen LogP contribution in [0.2, 0.25) is 0 Å². The van der Waals surface area contributed by atoms with Crippen molar-refractivity contribution in [2.24, 2.45) is 5.73 Å². The van der Waals surface area contributed by atoms with Crippen molar-refractivity contribution >= 4 is 22.6 Å². The molecule has 0 radical (unpaired) electrons. The molecule has 3 nitrogen and oxygen atoms in total. The van der Waals surface area contributed by atoms with Crippen LogP contribution >= 0.6 is 22.6 Å². The number of nitrogens with two attached hydrogens (primary N) is 1. The van der Waals surface area contributed by atoms with Crippen LogP contribution in [0.15, 0.2) is 42.5 Å². The molecule has 0 fully saturated rings. The number of halogens is 1. The summed E-state index contributed by atoms with van der Waals surface area (Å²) in [5.74, 6) is 1.44. The molecule has 100 valence electrons. The second kappa shape index (κ2) is 6.77. The van der Waals surface area contributed by atoms with E-state index in [0.717, 1.165) is 16.9 Å². The van der Waals surface area contributed by atoms with Gasteiger partial charge in [0, 0.05) is 15.7 Å². The Labute approximate surface area is 126 Å². The minimum atomic E-state index is 0.430. The molecule has 2 aromatic rings. The maximum absolute atomic E-state index is 5.87. The van der Waals surface area contributed by atoms with Crippen molar-refractivity contribution < 1.29 is 9.47 Å². The molecule has 0 bridgehead atoms. The zero-order valence-corrected chi connectivity index (χ0v) is 12.9. The van der Waals surface area contributed by atoms with Crippen molar-refractivity contribution in [3.8, 4) is 11.5 Å². The Morgan fingerprint density at radius 3 is 2.47 bits per heavy atom. The quantitative estimate of drug-likeness (QED) is 0.823. The van der Waals surface area contributed by atoms with Crippen LogP contribution in [0, 0.1) is 3.57 Å². The highest BCUT2D eigenvalue weighted by Crippen LogP contribution is 2.31. The van der Waals surface area contributed by atoms with Crippen LogP contribution in [-0.4, -0.2) is 7.11 Å². The van der Waals surface area contributed by atoms with Crippen molar-refractivity contribution in [2.45, 2.75) is 13.2 Å². The largest absolute Gasteiger partial charge is 0.493 e. The molecule has 0 unspecified atom stereocenters. The third kappa shape index (κ3) is 3.61. The highest BCUT2D eigenvalue weighted by Gasteiger charge is 2.09. The van der Waals surface area contributed by atoms with Crippen molar-refractivity contribution in [3.05, 3.63) is 57.2 Å². The van der Waals surface area contributed by atoms with E-state index in [4.69, 9.17) is 15.2 Å². The van der Waals surface area contributed by atoms with Crippen molar-refractivity contribution in [2.75, 3.05) is 7.11 Å². The van der Waals surface area contributed by atoms with Gasteiger partial charge in [-0.25, -0.2) is 0 Å². The van der Waals surface area contributed by atoms with E-state index in [2.05, 4.69) is 46.9 Å². The van der Waals surface area contributed by atoms with Gasteiger partial charge < -0.3 is 15.2 Å². The third-order valence-electron chi connectivity index (χ3n) is 2.80. The average Bonchev–Trinajstić information content (AvgIpc) is 2.46. The van der Waals surface area contributed by atoms with Gasteiger partial charge in [0.2, 0.25) is 0 Å². The van der Waals surface area contributed by atoms with Gasteiger partial charge in [0.15, 0.2) is 11.5 Å². The first-order valence-electron chi connectivity index (χ1n) is 5.97. The van der Waals surface area contributed by atoms with Gasteiger partial charge in [0.05, 0.1) is 7.11 Å². The zero-order valence-electron chi connectivity index (χ0n) is 10.7. The van der Waals surface area contributed by atoms with E-state index in [-0.39, 0.29) is 0 Å². The van der Waals surface area contributed by atoms with Gasteiger partial charge in [-0.15, -0.1) is 0 Å². The predicted octanol–water partition coefficient (Wildman–Crippen LogP) is 3.34. The summed E-state index contributed by atoms with van der Waals surface area (Å²) >= 11 is 2.28. The Morgan fingerprint density at radius 2 is 1.84 bits per heavy atom. The van der Waals surface area contributed by atoms with E-state index in [9.17, 15) is 0 Å². The SMILES string of the molecule is COc1cccc(CN)c1OCc1ccc(I)cc1. The summed E-state index contributed by atoms with van der Waals surface area (Å²) in [5.41, 5.74) is 7.80. The zero-order chi connectivity index (χ0) is 13.7. The molecular weight excluding hydrogens is 353 g/mol. The molecule has 0 heterocycles. The molecule has 2 rings (SSSR count). The second-order valence-corrected chi connectivity index (χ2v) is 5.31. The lowest BCUT2D eigenvalue weighted by Crippen LogP contribution is -2.04. The van der Waals surface area contributed by atoms with Crippen LogP contribution in [0.4, 0.5) is 0 Å². The Balaban J connectivity index is 2.16. The summed E-state index contributed by atoms with van der Waals surface area (Å²) < 4.78 is 12.4. The lowest BCUT2D eigenvalue weighted by molar-refractivity contribution is 0.281. The van der Waals surface area contributed by atoms with Crippen LogP contribution in [-0.2, 0) is 13.2 Å². The Morgan fingerprint density at radius 1 is 1.11 bits per heavy atom. The molecule has 4 heteroatoms. The fraction of sp³-hybridized carbons (Fsp3) is 0.200. The van der Waals surface area contributed by atoms with Gasteiger partial charge in [-0.2, -0.15) is 0 Å². The summed E-state index contributed by atoms with van der Waals surface area (Å²) in [5, 5.41) is 0. The number of rotatable bonds is 5. The molecule has 0 atom stereocenters. The molecule has 0 spiro atoms. The van der Waals surface area contributed by atoms with Crippen molar-refractivity contribution in [3.63, 3.8) is 0 Å². The lowest BCUT2D eigenvalue weighted by Gasteiger charge is -2.14. The Kier molecular flexibility index (Phi) is 5.04. The Hall–Kier alpha value is -1.27. The van der Waals surface area contributed by atoms with Gasteiger partial charge in [0.25, 0.3) is 0 Å². The molecule has 0 saturated carbocycles. The highest BCUT2D eigenvalue weighted by atomic mass is 127. The maximum atomic E-state index is 5.87. The number of hydrogen-bond acceptors (Lipinski definition) is 3. The van der Waals surface area contributed by atoms with Gasteiger partial charge in [-0.1, -0.05) is 24.3 Å². The monoisotopic (exact) mass is 369 g/mol. The predicted molar refractivity (Wildman–Crippen MR) is 84.4 cm³/mol. The first kappa shape index (κ1) is 14.1. The van der Waals surface area contributed by atoms with Gasteiger partial charge >= 0.3 is 0 Å². The molecule has 0 aromatic heterocycles. The van der Waals surface area contributed by atoms with Crippen molar-refractivity contribution in [1.29, 1.82) is 0 Å². The first-order chi connectivity index (χ1) is 9.24. The standard InChI is InChI=1S/C15H16INO2/c1-18-14-4-2-3-12(9-17)15(14)19-10-11-5-7-13(16)8-6-11/h2-8H,9-10,17H2,1H3. The number of methoxy groups -OCH3 is 1.